The first kappa shape index (κ1) is 40.4. The average Bonchev–Trinajstić information content (AvgIpc) is 3.37. The maximum atomic E-state index is 14.1. The smallest absolute Gasteiger partial charge is 0.311 e. The summed E-state index contributed by atoms with van der Waals surface area (Å²) in [5, 5.41) is 22.5. The Hall–Kier alpha value is -1.33. The zero-order valence-electron chi connectivity index (χ0n) is 32.0. The number of likely N-dealkylation sites (N-methyl/N-ethyl adjacent to an activating group) is 1. The Morgan fingerprint density at radius 2 is 1.67 bits per heavy atom. The Kier molecular flexibility index (Phi) is 13.3. The maximum Gasteiger partial charge on any atom is 0.311 e. The van der Waals surface area contributed by atoms with E-state index < -0.39 is 78.2 Å². The van der Waals surface area contributed by atoms with Gasteiger partial charge in [0.15, 0.2) is 12.6 Å². The van der Waals surface area contributed by atoms with Crippen LogP contribution in [-0.2, 0) is 38.0 Å². The van der Waals surface area contributed by atoms with Gasteiger partial charge in [0.05, 0.1) is 53.6 Å². The first-order chi connectivity index (χ1) is 22.9. The van der Waals surface area contributed by atoms with Gasteiger partial charge in [0, 0.05) is 25.5 Å². The van der Waals surface area contributed by atoms with Gasteiger partial charge >= 0.3 is 5.97 Å². The van der Waals surface area contributed by atoms with E-state index in [0.29, 0.717) is 25.7 Å². The second-order valence-corrected chi connectivity index (χ2v) is 16.3. The van der Waals surface area contributed by atoms with Crippen molar-refractivity contribution in [3.8, 4) is 12.3 Å². The van der Waals surface area contributed by atoms with Crippen molar-refractivity contribution in [2.45, 2.75) is 173 Å². The SMILES string of the molecule is C#C[C@@H]1C[C@@H](C)[C@@H]2O[C@](C)(C[C@H]2C)[C@H](OC2O[C@H](C)C[C@H](N(C)C)[C@H]2O)[C@@H](C)[C@H](O[C@H]2C[C@@](C)(OC)[C@@H](O)[C@H](C)O2)[C@@H](C)C(=O)OC1CC. The van der Waals surface area contributed by atoms with Crippen LogP contribution in [0.5, 0.6) is 0 Å². The highest BCUT2D eigenvalue weighted by Gasteiger charge is 2.56. The summed E-state index contributed by atoms with van der Waals surface area (Å²) in [5.41, 5.74) is -1.76. The summed E-state index contributed by atoms with van der Waals surface area (Å²) in [4.78, 5) is 16.1. The monoisotopic (exact) mass is 695 g/mol. The van der Waals surface area contributed by atoms with E-state index in [4.69, 9.17) is 39.6 Å². The van der Waals surface area contributed by atoms with Gasteiger partial charge in [-0.15, -0.1) is 6.42 Å². The normalized spacial score (nSPS) is 50.1. The van der Waals surface area contributed by atoms with Crippen molar-refractivity contribution < 1.29 is 48.2 Å². The molecule has 4 saturated heterocycles. The Balaban J connectivity index is 1.81. The van der Waals surface area contributed by atoms with Crippen LogP contribution in [0.25, 0.3) is 0 Å². The number of fused-ring (bicyclic) bond motifs is 2. The summed E-state index contributed by atoms with van der Waals surface area (Å²) in [7, 11) is 5.45. The first-order valence-electron chi connectivity index (χ1n) is 18.4. The largest absolute Gasteiger partial charge is 0.461 e. The molecule has 0 spiro atoms. The summed E-state index contributed by atoms with van der Waals surface area (Å²) < 4.78 is 45.4. The summed E-state index contributed by atoms with van der Waals surface area (Å²) in [6, 6.07) is -0.175. The number of nitrogens with zero attached hydrogens (tertiary/aromatic N) is 1. The number of esters is 1. The molecular formula is C38H65NO10. The van der Waals surface area contributed by atoms with Gasteiger partial charge in [-0.3, -0.25) is 4.79 Å². The van der Waals surface area contributed by atoms with Crippen LogP contribution in [0.3, 0.4) is 0 Å². The van der Waals surface area contributed by atoms with E-state index in [1.54, 1.807) is 21.0 Å². The fourth-order valence-corrected chi connectivity index (χ4v) is 9.06. The molecule has 0 aromatic heterocycles. The lowest BCUT2D eigenvalue weighted by Crippen LogP contribution is -2.60. The summed E-state index contributed by atoms with van der Waals surface area (Å²) in [6.45, 7) is 17.8. The molecule has 0 saturated carbocycles. The van der Waals surface area contributed by atoms with Crippen molar-refractivity contribution in [3.05, 3.63) is 0 Å². The number of aliphatic hydroxyl groups excluding tert-OH is 2. The van der Waals surface area contributed by atoms with Crippen LogP contribution in [0.1, 0.15) is 94.4 Å². The molecule has 11 nitrogen and oxygen atoms in total. The van der Waals surface area contributed by atoms with Gasteiger partial charge in [-0.05, 0) is 86.2 Å². The van der Waals surface area contributed by atoms with E-state index in [-0.39, 0.29) is 42.4 Å². The highest BCUT2D eigenvalue weighted by atomic mass is 16.7. The number of rotatable bonds is 7. The summed E-state index contributed by atoms with van der Waals surface area (Å²) in [5.74, 6) is 1.22. The van der Waals surface area contributed by atoms with Gasteiger partial charge in [0.1, 0.15) is 18.3 Å². The number of carbonyl (C=O) groups is 1. The average molecular weight is 696 g/mol. The summed E-state index contributed by atoms with van der Waals surface area (Å²) in [6.07, 6.45) is 2.53. The molecule has 11 heteroatoms. The fourth-order valence-electron chi connectivity index (χ4n) is 9.06. The molecule has 2 unspecified atom stereocenters. The van der Waals surface area contributed by atoms with Crippen LogP contribution in [-0.4, -0.2) is 121 Å². The maximum absolute atomic E-state index is 14.1. The third-order valence-electron chi connectivity index (χ3n) is 12.0. The third-order valence-corrected chi connectivity index (χ3v) is 12.0. The molecule has 4 rings (SSSR count). The van der Waals surface area contributed by atoms with Crippen molar-refractivity contribution in [1.29, 1.82) is 0 Å². The first-order valence-corrected chi connectivity index (χ1v) is 18.4. The number of carbonyl (C=O) groups excluding carboxylic acids is 1. The fraction of sp³-hybridized carbons (Fsp3) is 0.921. The number of hydrogen-bond donors (Lipinski definition) is 2. The third kappa shape index (κ3) is 8.50. The molecule has 4 fully saturated rings. The Labute approximate surface area is 295 Å². The zero-order valence-corrected chi connectivity index (χ0v) is 32.0. The molecule has 4 aliphatic heterocycles. The number of aliphatic hydroxyl groups is 2. The van der Waals surface area contributed by atoms with Gasteiger partial charge in [-0.1, -0.05) is 33.6 Å². The molecule has 0 aliphatic carbocycles. The minimum atomic E-state index is -0.942. The van der Waals surface area contributed by atoms with Crippen LogP contribution >= 0.6 is 0 Å². The van der Waals surface area contributed by atoms with Gasteiger partial charge in [0.25, 0.3) is 0 Å². The lowest BCUT2D eigenvalue weighted by Gasteiger charge is -2.48. The van der Waals surface area contributed by atoms with Crippen LogP contribution in [0.2, 0.25) is 0 Å². The molecule has 2 N–H and O–H groups in total. The van der Waals surface area contributed by atoms with Crippen LogP contribution < -0.4 is 0 Å². The molecular weight excluding hydrogens is 630 g/mol. The quantitative estimate of drug-likeness (QED) is 0.295. The topological polar surface area (TPSA) is 125 Å². The molecule has 0 aromatic rings. The van der Waals surface area contributed by atoms with E-state index in [1.165, 1.54) is 0 Å². The number of ether oxygens (including phenoxy) is 7. The van der Waals surface area contributed by atoms with Gasteiger partial charge in [0.2, 0.25) is 0 Å². The molecule has 49 heavy (non-hydrogen) atoms. The van der Waals surface area contributed by atoms with E-state index >= 15 is 0 Å². The van der Waals surface area contributed by atoms with E-state index in [0.717, 1.165) is 0 Å². The molecule has 0 aromatic carbocycles. The minimum absolute atomic E-state index is 0.0803. The number of terminal acetylenes is 1. The Morgan fingerprint density at radius 3 is 2.27 bits per heavy atom. The van der Waals surface area contributed by atoms with Crippen LogP contribution in [0, 0.1) is 41.9 Å². The van der Waals surface area contributed by atoms with Crippen molar-refractivity contribution in [2.24, 2.45) is 29.6 Å². The molecule has 282 valence electrons. The second-order valence-electron chi connectivity index (χ2n) is 16.3. The van der Waals surface area contributed by atoms with Crippen LogP contribution in [0.15, 0.2) is 0 Å². The zero-order chi connectivity index (χ0) is 36.6. The van der Waals surface area contributed by atoms with Crippen LogP contribution in [0.4, 0.5) is 0 Å². The number of hydrogen-bond acceptors (Lipinski definition) is 11. The van der Waals surface area contributed by atoms with Gasteiger partial charge < -0.3 is 48.3 Å². The van der Waals surface area contributed by atoms with Crippen molar-refractivity contribution in [3.63, 3.8) is 0 Å². The predicted octanol–water partition coefficient (Wildman–Crippen LogP) is 4.15. The number of cyclic esters (lactones) is 1. The van der Waals surface area contributed by atoms with E-state index in [9.17, 15) is 15.0 Å². The molecule has 2 bridgehead atoms. The van der Waals surface area contributed by atoms with Gasteiger partial charge in [-0.25, -0.2) is 0 Å². The predicted molar refractivity (Wildman–Crippen MR) is 184 cm³/mol. The lowest BCUT2D eigenvalue weighted by atomic mass is 9.77. The molecule has 4 heterocycles. The van der Waals surface area contributed by atoms with E-state index in [2.05, 4.69) is 26.7 Å². The lowest BCUT2D eigenvalue weighted by molar-refractivity contribution is -0.318. The van der Waals surface area contributed by atoms with Crippen molar-refractivity contribution >= 4 is 5.97 Å². The molecule has 0 amide bonds. The molecule has 4 aliphatic rings. The highest BCUT2D eigenvalue weighted by Crippen LogP contribution is 2.47. The highest BCUT2D eigenvalue weighted by molar-refractivity contribution is 5.73. The Morgan fingerprint density at radius 1 is 1.00 bits per heavy atom. The minimum Gasteiger partial charge on any atom is -0.461 e. The van der Waals surface area contributed by atoms with E-state index in [1.807, 2.05) is 46.7 Å². The van der Waals surface area contributed by atoms with Crippen molar-refractivity contribution in [2.75, 3.05) is 21.2 Å². The second kappa shape index (κ2) is 16.1. The van der Waals surface area contributed by atoms with Gasteiger partial charge in [-0.2, -0.15) is 0 Å². The molecule has 18 atom stereocenters. The standard InChI is InChI=1S/C38H65NO10/c1-14-26-16-20(3)31-21(4)18-38(10,49-31)34(48-36-30(40)27(39(11)12)17-22(5)44-36)23(6)32(24(7)35(42)46-28(26)15-2)47-29-19-37(9,43-13)33(41)25(8)45-29/h1,20-34,36,40-41H,15-19H2,2-13H3/t20-,21-,22-,23+,24-,25+,26-,27+,28?,29+,30-,31+,32+,33+,34-,36?,37-,38-/m1/s1. The number of methoxy groups -OCH3 is 1. The summed E-state index contributed by atoms with van der Waals surface area (Å²) >= 11 is 0. The molecule has 0 radical (unpaired) electrons. The van der Waals surface area contributed by atoms with Crippen molar-refractivity contribution in [1.82, 2.24) is 4.90 Å². The Bertz CT molecular complexity index is 1150.